The highest BCUT2D eigenvalue weighted by Gasteiger charge is 2.11. The highest BCUT2D eigenvalue weighted by atomic mass is 16.1. The molecular weight excluding hydrogens is 214 g/mol. The number of carbonyl (C=O) groups is 1. The molecule has 0 amide bonds. The number of aromatic nitrogens is 3. The summed E-state index contributed by atoms with van der Waals surface area (Å²) in [6, 6.07) is 7.61. The molecule has 0 saturated heterocycles. The summed E-state index contributed by atoms with van der Waals surface area (Å²) in [5.41, 5.74) is 1.82. The summed E-state index contributed by atoms with van der Waals surface area (Å²) in [4.78, 5) is 16.2. The minimum atomic E-state index is 0.0800. The lowest BCUT2D eigenvalue weighted by atomic mass is 10.1. The predicted molar refractivity (Wildman–Crippen MR) is 64.9 cm³/mol. The maximum atomic E-state index is 12.1. The number of rotatable bonds is 4. The van der Waals surface area contributed by atoms with Crippen LogP contribution in [0.5, 0.6) is 0 Å². The third-order valence-electron chi connectivity index (χ3n) is 2.65. The minimum Gasteiger partial charge on any atom is -0.294 e. The molecule has 1 aromatic carbocycles. The first-order valence-corrected chi connectivity index (χ1v) is 5.67. The molecule has 4 heteroatoms. The number of carbonyl (C=O) groups excluding carboxylic acids is 1. The molecule has 0 aliphatic carbocycles. The van der Waals surface area contributed by atoms with Gasteiger partial charge in [-0.3, -0.25) is 4.79 Å². The van der Waals surface area contributed by atoms with Crippen molar-refractivity contribution in [1.82, 2.24) is 14.8 Å². The number of hydrogen-bond acceptors (Lipinski definition) is 3. The minimum absolute atomic E-state index is 0.0800. The molecule has 1 heterocycles. The zero-order valence-electron chi connectivity index (χ0n) is 10.1. The molecule has 0 unspecified atom stereocenters. The van der Waals surface area contributed by atoms with Crippen LogP contribution in [0.25, 0.3) is 0 Å². The standard InChI is InChI=1S/C13H15N3O/c1-3-16-13(14-9-15-16)8-12(17)11-6-4-5-10(2)7-11/h4-7,9H,3,8H2,1-2H3. The van der Waals surface area contributed by atoms with Crippen LogP contribution in [0.3, 0.4) is 0 Å². The van der Waals surface area contributed by atoms with Gasteiger partial charge in [-0.15, -0.1) is 0 Å². The number of benzene rings is 1. The van der Waals surface area contributed by atoms with Gasteiger partial charge in [-0.05, 0) is 19.9 Å². The van der Waals surface area contributed by atoms with Crippen LogP contribution in [0.4, 0.5) is 0 Å². The monoisotopic (exact) mass is 229 g/mol. The van der Waals surface area contributed by atoms with Crippen molar-refractivity contribution in [2.45, 2.75) is 26.8 Å². The van der Waals surface area contributed by atoms with Gasteiger partial charge in [-0.1, -0.05) is 23.8 Å². The smallest absolute Gasteiger partial charge is 0.170 e. The van der Waals surface area contributed by atoms with Gasteiger partial charge in [-0.25, -0.2) is 9.67 Å². The number of Topliss-reactive ketones (excluding diaryl/α,β-unsaturated/α-hetero) is 1. The third-order valence-corrected chi connectivity index (χ3v) is 2.65. The van der Waals surface area contributed by atoms with Gasteiger partial charge in [0.2, 0.25) is 0 Å². The van der Waals surface area contributed by atoms with E-state index in [2.05, 4.69) is 10.1 Å². The maximum absolute atomic E-state index is 12.1. The van der Waals surface area contributed by atoms with E-state index < -0.39 is 0 Å². The molecule has 2 aromatic rings. The van der Waals surface area contributed by atoms with E-state index >= 15 is 0 Å². The number of ketones is 1. The van der Waals surface area contributed by atoms with Crippen LogP contribution in [0.2, 0.25) is 0 Å². The lowest BCUT2D eigenvalue weighted by Gasteiger charge is -2.03. The fourth-order valence-corrected chi connectivity index (χ4v) is 1.75. The van der Waals surface area contributed by atoms with Gasteiger partial charge in [0.15, 0.2) is 5.78 Å². The van der Waals surface area contributed by atoms with Crippen molar-refractivity contribution in [3.63, 3.8) is 0 Å². The summed E-state index contributed by atoms with van der Waals surface area (Å²) in [6.45, 7) is 4.69. The first-order valence-electron chi connectivity index (χ1n) is 5.67. The fraction of sp³-hybridized carbons (Fsp3) is 0.308. The Balaban J connectivity index is 2.17. The highest BCUT2D eigenvalue weighted by molar-refractivity contribution is 5.97. The second-order valence-corrected chi connectivity index (χ2v) is 3.96. The second-order valence-electron chi connectivity index (χ2n) is 3.96. The zero-order chi connectivity index (χ0) is 12.3. The summed E-state index contributed by atoms with van der Waals surface area (Å²) in [5.74, 6) is 0.801. The van der Waals surface area contributed by atoms with Crippen molar-refractivity contribution >= 4 is 5.78 Å². The van der Waals surface area contributed by atoms with E-state index in [1.807, 2.05) is 38.1 Å². The molecule has 0 saturated carbocycles. The van der Waals surface area contributed by atoms with Crippen molar-refractivity contribution in [1.29, 1.82) is 0 Å². The first-order chi connectivity index (χ1) is 8.20. The first kappa shape index (κ1) is 11.5. The Labute approximate surface area is 100 Å². The lowest BCUT2D eigenvalue weighted by molar-refractivity contribution is 0.0989. The van der Waals surface area contributed by atoms with Gasteiger partial charge >= 0.3 is 0 Å². The predicted octanol–water partition coefficient (Wildman–Crippen LogP) is 2.03. The quantitative estimate of drug-likeness (QED) is 0.754. The SMILES string of the molecule is CCn1ncnc1CC(=O)c1cccc(C)c1. The van der Waals surface area contributed by atoms with Crippen molar-refractivity contribution in [3.05, 3.63) is 47.5 Å². The number of nitrogens with zero attached hydrogens (tertiary/aromatic N) is 3. The molecule has 0 spiro atoms. The molecule has 0 bridgehead atoms. The summed E-state index contributed by atoms with van der Waals surface area (Å²) < 4.78 is 1.74. The summed E-state index contributed by atoms with van der Waals surface area (Å²) in [6.07, 6.45) is 1.79. The Morgan fingerprint density at radius 1 is 1.41 bits per heavy atom. The van der Waals surface area contributed by atoms with Crippen molar-refractivity contribution in [2.24, 2.45) is 0 Å². The van der Waals surface area contributed by atoms with Crippen LogP contribution in [0.1, 0.15) is 28.7 Å². The Kier molecular flexibility index (Phi) is 3.32. The Morgan fingerprint density at radius 2 is 2.24 bits per heavy atom. The molecule has 0 fully saturated rings. The molecule has 17 heavy (non-hydrogen) atoms. The molecule has 0 aliphatic heterocycles. The normalized spacial score (nSPS) is 10.5. The topological polar surface area (TPSA) is 47.8 Å². The summed E-state index contributed by atoms with van der Waals surface area (Å²) in [7, 11) is 0. The Morgan fingerprint density at radius 3 is 2.94 bits per heavy atom. The van der Waals surface area contributed by atoms with E-state index in [1.54, 1.807) is 4.68 Å². The molecule has 0 aliphatic rings. The second kappa shape index (κ2) is 4.91. The summed E-state index contributed by atoms with van der Waals surface area (Å²) >= 11 is 0. The van der Waals surface area contributed by atoms with E-state index in [1.165, 1.54) is 6.33 Å². The van der Waals surface area contributed by atoms with Crippen molar-refractivity contribution in [3.8, 4) is 0 Å². The van der Waals surface area contributed by atoms with Gasteiger partial charge in [0.1, 0.15) is 12.2 Å². The maximum Gasteiger partial charge on any atom is 0.170 e. The molecule has 88 valence electrons. The van der Waals surface area contributed by atoms with Gasteiger partial charge in [0.05, 0.1) is 6.42 Å². The van der Waals surface area contributed by atoms with Crippen LogP contribution in [0, 0.1) is 6.92 Å². The summed E-state index contributed by atoms with van der Waals surface area (Å²) in [5, 5.41) is 4.05. The third kappa shape index (κ3) is 2.58. The highest BCUT2D eigenvalue weighted by Crippen LogP contribution is 2.08. The van der Waals surface area contributed by atoms with E-state index in [4.69, 9.17) is 0 Å². The molecule has 0 N–H and O–H groups in total. The van der Waals surface area contributed by atoms with E-state index in [9.17, 15) is 4.79 Å². The van der Waals surface area contributed by atoms with E-state index in [-0.39, 0.29) is 5.78 Å². The van der Waals surface area contributed by atoms with E-state index in [0.717, 1.165) is 23.5 Å². The van der Waals surface area contributed by atoms with Gasteiger partial charge in [0, 0.05) is 12.1 Å². The zero-order valence-corrected chi connectivity index (χ0v) is 10.1. The van der Waals surface area contributed by atoms with Crippen molar-refractivity contribution < 1.29 is 4.79 Å². The molecule has 2 rings (SSSR count). The van der Waals surface area contributed by atoms with Crippen LogP contribution >= 0.6 is 0 Å². The van der Waals surface area contributed by atoms with Gasteiger partial charge < -0.3 is 0 Å². The average Bonchev–Trinajstić information content (AvgIpc) is 2.76. The van der Waals surface area contributed by atoms with E-state index in [0.29, 0.717) is 6.42 Å². The van der Waals surface area contributed by atoms with Crippen LogP contribution in [-0.2, 0) is 13.0 Å². The Hall–Kier alpha value is -1.97. The van der Waals surface area contributed by atoms with Crippen LogP contribution in [0.15, 0.2) is 30.6 Å². The molecule has 1 aromatic heterocycles. The molecular formula is C13H15N3O. The van der Waals surface area contributed by atoms with Gasteiger partial charge in [-0.2, -0.15) is 5.10 Å². The van der Waals surface area contributed by atoms with Crippen LogP contribution < -0.4 is 0 Å². The number of aryl methyl sites for hydroxylation is 2. The molecule has 0 atom stereocenters. The lowest BCUT2D eigenvalue weighted by Crippen LogP contribution is -2.10. The van der Waals surface area contributed by atoms with Gasteiger partial charge in [0.25, 0.3) is 0 Å². The van der Waals surface area contributed by atoms with Crippen LogP contribution in [-0.4, -0.2) is 20.5 Å². The molecule has 4 nitrogen and oxygen atoms in total. The fourth-order valence-electron chi connectivity index (χ4n) is 1.75. The Bertz CT molecular complexity index is 531. The van der Waals surface area contributed by atoms with Crippen molar-refractivity contribution in [2.75, 3.05) is 0 Å². The number of hydrogen-bond donors (Lipinski definition) is 0. The molecule has 0 radical (unpaired) electrons. The average molecular weight is 229 g/mol. The largest absolute Gasteiger partial charge is 0.294 e.